The molecule has 6 heteroatoms. The van der Waals surface area contributed by atoms with Gasteiger partial charge in [0.05, 0.1) is 24.6 Å². The fourth-order valence-corrected chi connectivity index (χ4v) is 1.65. The van der Waals surface area contributed by atoms with Crippen LogP contribution in [0.1, 0.15) is 17.3 Å². The molecular weight excluding hydrogens is 244 g/mol. The Morgan fingerprint density at radius 3 is 2.32 bits per heavy atom. The fourth-order valence-electron chi connectivity index (χ4n) is 1.65. The Balaban J connectivity index is 0.000000200. The second-order valence-corrected chi connectivity index (χ2v) is 4.25. The van der Waals surface area contributed by atoms with Crippen molar-refractivity contribution in [2.45, 2.75) is 6.92 Å². The van der Waals surface area contributed by atoms with Crippen molar-refractivity contribution in [3.63, 3.8) is 0 Å². The first-order valence-electron chi connectivity index (χ1n) is 6.29. The van der Waals surface area contributed by atoms with Crippen molar-refractivity contribution in [3.8, 4) is 0 Å². The van der Waals surface area contributed by atoms with Crippen LogP contribution in [0, 0.1) is 0 Å². The van der Waals surface area contributed by atoms with E-state index in [1.165, 1.54) is 18.7 Å². The molecule has 1 aliphatic heterocycles. The number of primary amides is 1. The second-order valence-electron chi connectivity index (χ2n) is 4.25. The molecule has 0 unspecified atom stereocenters. The van der Waals surface area contributed by atoms with Gasteiger partial charge in [-0.1, -0.05) is 6.92 Å². The zero-order valence-corrected chi connectivity index (χ0v) is 11.3. The molecule has 1 aromatic rings. The van der Waals surface area contributed by atoms with Gasteiger partial charge < -0.3 is 21.9 Å². The number of likely N-dealkylation sites (N-methyl/N-ethyl adjacent to an activating group) is 1. The summed E-state index contributed by atoms with van der Waals surface area (Å²) in [5, 5.41) is 0. The average Bonchev–Trinajstić information content (AvgIpc) is 2.43. The van der Waals surface area contributed by atoms with E-state index in [2.05, 4.69) is 11.8 Å². The van der Waals surface area contributed by atoms with E-state index < -0.39 is 5.91 Å². The molecular formula is C13H22N4O2. The van der Waals surface area contributed by atoms with Crippen LogP contribution in [0.3, 0.4) is 0 Å². The molecule has 0 aliphatic carbocycles. The zero-order chi connectivity index (χ0) is 14.3. The molecule has 1 fully saturated rings. The van der Waals surface area contributed by atoms with E-state index in [0.717, 1.165) is 26.3 Å². The monoisotopic (exact) mass is 266 g/mol. The zero-order valence-electron chi connectivity index (χ0n) is 11.3. The topological polar surface area (TPSA) is 108 Å². The molecule has 2 rings (SSSR count). The number of morpholine rings is 1. The standard InChI is InChI=1S/C7H9N3O.C6H13NO/c8-5-2-1-4(7(10)11)3-6(5)9;1-2-7-3-5-8-6-4-7/h1-3H,8-9H2,(H2,10,11);2-6H2,1H3. The summed E-state index contributed by atoms with van der Waals surface area (Å²) in [6, 6.07) is 4.54. The summed E-state index contributed by atoms with van der Waals surface area (Å²) in [7, 11) is 0. The molecule has 106 valence electrons. The van der Waals surface area contributed by atoms with Gasteiger partial charge in [0.15, 0.2) is 0 Å². The Morgan fingerprint density at radius 1 is 1.26 bits per heavy atom. The summed E-state index contributed by atoms with van der Waals surface area (Å²) < 4.78 is 5.16. The van der Waals surface area contributed by atoms with Crippen molar-refractivity contribution in [2.75, 3.05) is 44.3 Å². The second kappa shape index (κ2) is 7.60. The molecule has 0 bridgehead atoms. The van der Waals surface area contributed by atoms with Crippen LogP contribution < -0.4 is 17.2 Å². The normalized spacial score (nSPS) is 15.4. The summed E-state index contributed by atoms with van der Waals surface area (Å²) in [6.45, 7) is 7.45. The number of nitrogens with zero attached hydrogens (tertiary/aromatic N) is 1. The van der Waals surface area contributed by atoms with E-state index in [4.69, 9.17) is 21.9 Å². The van der Waals surface area contributed by atoms with Gasteiger partial charge in [0, 0.05) is 18.7 Å². The van der Waals surface area contributed by atoms with Crippen LogP contribution >= 0.6 is 0 Å². The Hall–Kier alpha value is -1.79. The van der Waals surface area contributed by atoms with Crippen LogP contribution in [0.5, 0.6) is 0 Å². The lowest BCUT2D eigenvalue weighted by Crippen LogP contribution is -2.35. The van der Waals surface area contributed by atoms with Crippen molar-refractivity contribution in [1.82, 2.24) is 4.90 Å². The predicted octanol–water partition coefficient (Wildman–Crippen LogP) is 0.288. The van der Waals surface area contributed by atoms with E-state index in [1.54, 1.807) is 6.07 Å². The van der Waals surface area contributed by atoms with Crippen molar-refractivity contribution in [1.29, 1.82) is 0 Å². The first-order chi connectivity index (χ1) is 9.04. The lowest BCUT2D eigenvalue weighted by atomic mass is 10.2. The van der Waals surface area contributed by atoms with E-state index in [9.17, 15) is 4.79 Å². The molecule has 0 aromatic heterocycles. The summed E-state index contributed by atoms with van der Waals surface area (Å²) in [5.74, 6) is -0.503. The summed E-state index contributed by atoms with van der Waals surface area (Å²) in [6.07, 6.45) is 0. The van der Waals surface area contributed by atoms with Crippen LogP contribution in [0.2, 0.25) is 0 Å². The van der Waals surface area contributed by atoms with Gasteiger partial charge in [-0.2, -0.15) is 0 Å². The van der Waals surface area contributed by atoms with Crippen molar-refractivity contribution >= 4 is 17.3 Å². The predicted molar refractivity (Wildman–Crippen MR) is 76.7 cm³/mol. The van der Waals surface area contributed by atoms with Crippen molar-refractivity contribution in [2.24, 2.45) is 5.73 Å². The lowest BCUT2D eigenvalue weighted by molar-refractivity contribution is 0.0405. The Kier molecular flexibility index (Phi) is 6.11. The van der Waals surface area contributed by atoms with E-state index in [-0.39, 0.29) is 0 Å². The smallest absolute Gasteiger partial charge is 0.248 e. The molecule has 0 radical (unpaired) electrons. The third kappa shape index (κ3) is 5.15. The molecule has 6 N–H and O–H groups in total. The van der Waals surface area contributed by atoms with Gasteiger partial charge in [-0.25, -0.2) is 0 Å². The highest BCUT2D eigenvalue weighted by atomic mass is 16.5. The van der Waals surface area contributed by atoms with Crippen LogP contribution in [-0.4, -0.2) is 43.7 Å². The molecule has 1 saturated heterocycles. The highest BCUT2D eigenvalue weighted by Gasteiger charge is 2.05. The quantitative estimate of drug-likeness (QED) is 0.667. The molecule has 0 saturated carbocycles. The molecule has 1 amide bonds. The number of hydrogen-bond acceptors (Lipinski definition) is 5. The van der Waals surface area contributed by atoms with Gasteiger partial charge in [-0.05, 0) is 24.7 Å². The Labute approximate surface area is 113 Å². The van der Waals surface area contributed by atoms with Crippen LogP contribution in [0.4, 0.5) is 11.4 Å². The van der Waals surface area contributed by atoms with Gasteiger partial charge in [0.1, 0.15) is 0 Å². The number of hydrogen-bond donors (Lipinski definition) is 3. The maximum Gasteiger partial charge on any atom is 0.248 e. The van der Waals surface area contributed by atoms with Crippen LogP contribution in [0.15, 0.2) is 18.2 Å². The average molecular weight is 266 g/mol. The minimum atomic E-state index is -0.503. The largest absolute Gasteiger partial charge is 0.397 e. The molecule has 0 atom stereocenters. The van der Waals surface area contributed by atoms with Gasteiger partial charge >= 0.3 is 0 Å². The Bertz CT molecular complexity index is 417. The molecule has 0 spiro atoms. The number of carbonyl (C=O) groups is 1. The number of carbonyl (C=O) groups excluding carboxylic acids is 1. The lowest BCUT2D eigenvalue weighted by Gasteiger charge is -2.24. The number of nitrogen functional groups attached to an aromatic ring is 2. The fraction of sp³-hybridized carbons (Fsp3) is 0.462. The molecule has 1 aliphatic rings. The first kappa shape index (κ1) is 15.3. The summed E-state index contributed by atoms with van der Waals surface area (Å²) in [5.41, 5.74) is 17.0. The van der Waals surface area contributed by atoms with Gasteiger partial charge in [-0.15, -0.1) is 0 Å². The SMILES string of the molecule is CCN1CCOCC1.NC(=O)c1ccc(N)c(N)c1. The van der Waals surface area contributed by atoms with Crippen LogP contribution in [-0.2, 0) is 4.74 Å². The van der Waals surface area contributed by atoms with Crippen molar-refractivity contribution in [3.05, 3.63) is 23.8 Å². The third-order valence-electron chi connectivity index (χ3n) is 2.92. The number of nitrogens with two attached hydrogens (primary N) is 3. The molecule has 1 aromatic carbocycles. The highest BCUT2D eigenvalue weighted by Crippen LogP contribution is 2.15. The van der Waals surface area contributed by atoms with Crippen LogP contribution in [0.25, 0.3) is 0 Å². The van der Waals surface area contributed by atoms with E-state index in [0.29, 0.717) is 16.9 Å². The van der Waals surface area contributed by atoms with Gasteiger partial charge in [0.25, 0.3) is 0 Å². The minimum absolute atomic E-state index is 0.372. The number of rotatable bonds is 2. The summed E-state index contributed by atoms with van der Waals surface area (Å²) in [4.78, 5) is 13.0. The van der Waals surface area contributed by atoms with Gasteiger partial charge in [-0.3, -0.25) is 9.69 Å². The number of anilines is 2. The Morgan fingerprint density at radius 2 is 1.89 bits per heavy atom. The molecule has 19 heavy (non-hydrogen) atoms. The first-order valence-corrected chi connectivity index (χ1v) is 6.29. The maximum atomic E-state index is 10.6. The summed E-state index contributed by atoms with van der Waals surface area (Å²) >= 11 is 0. The number of benzene rings is 1. The molecule has 6 nitrogen and oxygen atoms in total. The number of ether oxygens (including phenoxy) is 1. The van der Waals surface area contributed by atoms with E-state index >= 15 is 0 Å². The number of amides is 1. The maximum absolute atomic E-state index is 10.6. The van der Waals surface area contributed by atoms with E-state index in [1.807, 2.05) is 0 Å². The molecule has 1 heterocycles. The minimum Gasteiger partial charge on any atom is -0.397 e. The van der Waals surface area contributed by atoms with Crippen molar-refractivity contribution < 1.29 is 9.53 Å². The third-order valence-corrected chi connectivity index (χ3v) is 2.92. The highest BCUT2D eigenvalue weighted by molar-refractivity contribution is 5.94. The van der Waals surface area contributed by atoms with Gasteiger partial charge in [0.2, 0.25) is 5.91 Å².